The third-order valence-electron chi connectivity index (χ3n) is 5.38. The zero-order valence-electron chi connectivity index (χ0n) is 17.6. The van der Waals surface area contributed by atoms with Gasteiger partial charge in [-0.15, -0.1) is 0 Å². The molecule has 2 aromatic carbocycles. The first kappa shape index (κ1) is 21.5. The molecule has 0 fully saturated rings. The number of benzene rings is 2. The van der Waals surface area contributed by atoms with Gasteiger partial charge < -0.3 is 24.8 Å². The molecule has 0 amide bonds. The van der Waals surface area contributed by atoms with E-state index in [1.165, 1.54) is 0 Å². The molecule has 0 saturated heterocycles. The van der Waals surface area contributed by atoms with Crippen molar-refractivity contribution in [1.82, 2.24) is 0 Å². The van der Waals surface area contributed by atoms with E-state index < -0.39 is 0 Å². The number of ketones is 2. The molecule has 7 nitrogen and oxygen atoms in total. The summed E-state index contributed by atoms with van der Waals surface area (Å²) in [6.07, 6.45) is 1.55. The van der Waals surface area contributed by atoms with Crippen LogP contribution in [0.5, 0.6) is 0 Å². The molecule has 0 atom stereocenters. The normalized spacial score (nSPS) is 18.6. The molecule has 164 valence electrons. The molecule has 0 unspecified atom stereocenters. The monoisotopic (exact) mass is 424 g/mol. The van der Waals surface area contributed by atoms with E-state index in [1.807, 2.05) is 24.3 Å². The van der Waals surface area contributed by atoms with E-state index in [2.05, 4.69) is 10.6 Å². The smallest absolute Gasteiger partial charge is 0.198 e. The highest BCUT2D eigenvalue weighted by Crippen LogP contribution is 2.35. The van der Waals surface area contributed by atoms with Crippen LogP contribution in [-0.2, 0) is 14.2 Å². The molecule has 4 rings (SSSR count). The number of rotatable bonds is 0. The fourth-order valence-electron chi connectivity index (χ4n) is 3.87. The topological polar surface area (TPSA) is 85.9 Å². The summed E-state index contributed by atoms with van der Waals surface area (Å²) in [5.41, 5.74) is 3.15. The van der Waals surface area contributed by atoms with Gasteiger partial charge >= 0.3 is 0 Å². The largest absolute Gasteiger partial charge is 0.384 e. The van der Waals surface area contributed by atoms with Crippen molar-refractivity contribution in [2.24, 2.45) is 0 Å². The van der Waals surface area contributed by atoms with E-state index in [0.29, 0.717) is 86.4 Å². The summed E-state index contributed by atoms with van der Waals surface area (Å²) in [6.45, 7) is 4.62. The zero-order valence-corrected chi connectivity index (χ0v) is 17.6. The van der Waals surface area contributed by atoms with Crippen LogP contribution >= 0.6 is 0 Å². The molecule has 0 saturated carbocycles. The molecule has 1 aliphatic carbocycles. The van der Waals surface area contributed by atoms with Gasteiger partial charge in [0.05, 0.1) is 37.6 Å². The van der Waals surface area contributed by atoms with Gasteiger partial charge in [0, 0.05) is 48.8 Å². The molecule has 1 heterocycles. The van der Waals surface area contributed by atoms with Crippen LogP contribution in [0.1, 0.15) is 44.7 Å². The SMILES string of the molecule is O=C1c2cccc3c2C(=O)c2c(cccc21)NCCCOCCOCCOCCCN3. The Morgan fingerprint density at radius 2 is 1.03 bits per heavy atom. The predicted molar refractivity (Wildman–Crippen MR) is 118 cm³/mol. The third kappa shape index (κ3) is 4.95. The average Bonchev–Trinajstić information content (AvgIpc) is 2.79. The summed E-state index contributed by atoms with van der Waals surface area (Å²) in [7, 11) is 0. The third-order valence-corrected chi connectivity index (χ3v) is 5.38. The Morgan fingerprint density at radius 1 is 0.581 bits per heavy atom. The van der Waals surface area contributed by atoms with E-state index in [1.54, 1.807) is 12.1 Å². The predicted octanol–water partition coefficient (Wildman–Crippen LogP) is 3.13. The Balaban J connectivity index is 1.60. The maximum atomic E-state index is 13.5. The summed E-state index contributed by atoms with van der Waals surface area (Å²) in [6, 6.07) is 10.8. The quantitative estimate of drug-likeness (QED) is 0.573. The number of anilines is 2. The van der Waals surface area contributed by atoms with Gasteiger partial charge in [0.25, 0.3) is 0 Å². The lowest BCUT2D eigenvalue weighted by atomic mass is 9.82. The Morgan fingerprint density at radius 3 is 1.52 bits per heavy atom. The van der Waals surface area contributed by atoms with Crippen molar-refractivity contribution in [3.63, 3.8) is 0 Å². The molecule has 2 aromatic rings. The molecular formula is C24H28N2O5. The molecule has 0 aromatic heterocycles. The van der Waals surface area contributed by atoms with Gasteiger partial charge in [-0.2, -0.15) is 0 Å². The Kier molecular flexibility index (Phi) is 7.30. The lowest BCUT2D eigenvalue weighted by Gasteiger charge is -2.23. The van der Waals surface area contributed by atoms with Crippen LogP contribution in [0, 0.1) is 0 Å². The highest BCUT2D eigenvalue weighted by molar-refractivity contribution is 6.31. The van der Waals surface area contributed by atoms with Crippen LogP contribution in [0.15, 0.2) is 36.4 Å². The van der Waals surface area contributed by atoms with Crippen molar-refractivity contribution < 1.29 is 23.8 Å². The van der Waals surface area contributed by atoms with E-state index in [4.69, 9.17) is 14.2 Å². The molecule has 0 radical (unpaired) electrons. The molecular weight excluding hydrogens is 396 g/mol. The van der Waals surface area contributed by atoms with Gasteiger partial charge in [-0.1, -0.05) is 24.3 Å². The molecule has 2 N–H and O–H groups in total. The van der Waals surface area contributed by atoms with Crippen molar-refractivity contribution >= 4 is 22.9 Å². The first-order valence-corrected chi connectivity index (χ1v) is 10.8. The molecule has 2 aliphatic rings. The maximum absolute atomic E-state index is 13.5. The minimum Gasteiger partial charge on any atom is -0.384 e. The lowest BCUT2D eigenvalue weighted by Crippen LogP contribution is -2.24. The number of hydrogen-bond acceptors (Lipinski definition) is 7. The summed E-state index contributed by atoms with van der Waals surface area (Å²) >= 11 is 0. The molecule has 7 heteroatoms. The van der Waals surface area contributed by atoms with Gasteiger partial charge in [0.1, 0.15) is 0 Å². The maximum Gasteiger partial charge on any atom is 0.198 e. The number of ether oxygens (including phenoxy) is 3. The molecule has 31 heavy (non-hydrogen) atoms. The standard InChI is InChI=1S/C24H28N2O5/c27-23-17-5-1-7-19-21(17)24(28)22-18(23)6-2-8-20(22)26-10-4-12-30-14-16-31-15-13-29-11-3-9-25-19/h1-2,5-8,25-26H,3-4,9-16H2. The minimum absolute atomic E-state index is 0.120. The van der Waals surface area contributed by atoms with Gasteiger partial charge in [0.15, 0.2) is 11.6 Å². The second-order valence-corrected chi connectivity index (χ2v) is 7.51. The lowest BCUT2D eigenvalue weighted by molar-refractivity contribution is 0.0145. The van der Waals surface area contributed by atoms with E-state index >= 15 is 0 Å². The number of nitrogens with one attached hydrogen (secondary N) is 2. The minimum atomic E-state index is -0.130. The van der Waals surface area contributed by atoms with Gasteiger partial charge in [-0.25, -0.2) is 0 Å². The molecule has 2 bridgehead atoms. The van der Waals surface area contributed by atoms with Crippen LogP contribution in [-0.4, -0.2) is 64.3 Å². The van der Waals surface area contributed by atoms with E-state index in [-0.39, 0.29) is 11.6 Å². The van der Waals surface area contributed by atoms with Crippen molar-refractivity contribution in [3.05, 3.63) is 58.7 Å². The molecule has 0 spiro atoms. The summed E-state index contributed by atoms with van der Waals surface area (Å²) in [5.74, 6) is -0.249. The Labute approximate surface area is 182 Å². The van der Waals surface area contributed by atoms with E-state index in [0.717, 1.165) is 12.8 Å². The van der Waals surface area contributed by atoms with Crippen molar-refractivity contribution in [2.75, 3.05) is 63.4 Å². The highest BCUT2D eigenvalue weighted by atomic mass is 16.5. The first-order valence-electron chi connectivity index (χ1n) is 10.8. The van der Waals surface area contributed by atoms with Crippen LogP contribution in [0.2, 0.25) is 0 Å². The van der Waals surface area contributed by atoms with Crippen LogP contribution < -0.4 is 10.6 Å². The number of hydrogen-bond donors (Lipinski definition) is 2. The fraction of sp³-hybridized carbons (Fsp3) is 0.417. The summed E-state index contributed by atoms with van der Waals surface area (Å²) < 4.78 is 16.7. The van der Waals surface area contributed by atoms with Crippen molar-refractivity contribution in [1.29, 1.82) is 0 Å². The van der Waals surface area contributed by atoms with Gasteiger partial charge in [0.2, 0.25) is 0 Å². The molecule has 1 aliphatic heterocycles. The van der Waals surface area contributed by atoms with Crippen molar-refractivity contribution in [3.8, 4) is 0 Å². The van der Waals surface area contributed by atoms with Gasteiger partial charge in [-0.3, -0.25) is 9.59 Å². The Bertz CT molecular complexity index is 872. The van der Waals surface area contributed by atoms with Crippen LogP contribution in [0.4, 0.5) is 11.4 Å². The Hall–Kier alpha value is -2.74. The second kappa shape index (κ2) is 10.5. The van der Waals surface area contributed by atoms with Gasteiger partial charge in [-0.05, 0) is 25.0 Å². The fourth-order valence-corrected chi connectivity index (χ4v) is 3.87. The summed E-state index contributed by atoms with van der Waals surface area (Å²) in [5, 5.41) is 6.63. The number of carbonyl (C=O) groups excluding carboxylic acids is 2. The van der Waals surface area contributed by atoms with Crippen LogP contribution in [0.3, 0.4) is 0 Å². The van der Waals surface area contributed by atoms with Crippen LogP contribution in [0.25, 0.3) is 0 Å². The van der Waals surface area contributed by atoms with E-state index in [9.17, 15) is 9.59 Å². The van der Waals surface area contributed by atoms with Crippen molar-refractivity contribution in [2.45, 2.75) is 12.8 Å². The highest BCUT2D eigenvalue weighted by Gasteiger charge is 2.33. The second-order valence-electron chi connectivity index (χ2n) is 7.51. The zero-order chi connectivity index (χ0) is 21.5. The number of carbonyl (C=O) groups is 2. The summed E-state index contributed by atoms with van der Waals surface area (Å²) in [4.78, 5) is 26.7. The average molecular weight is 424 g/mol. The first-order chi connectivity index (χ1) is 15.3.